The summed E-state index contributed by atoms with van der Waals surface area (Å²) in [4.78, 5) is 16.1. The summed E-state index contributed by atoms with van der Waals surface area (Å²) < 4.78 is 15.2. The van der Waals surface area contributed by atoms with Crippen molar-refractivity contribution in [1.82, 2.24) is 9.55 Å². The van der Waals surface area contributed by atoms with E-state index < -0.39 is 5.82 Å². The molecule has 1 saturated carbocycles. The highest BCUT2D eigenvalue weighted by atomic mass is 19.1. The Bertz CT molecular complexity index is 629. The maximum atomic E-state index is 13.6. The molecular weight excluding hydrogens is 231 g/mol. The number of hydrogen-bond acceptors (Lipinski definition) is 2. The first-order valence-corrected chi connectivity index (χ1v) is 6.34. The van der Waals surface area contributed by atoms with Crippen LogP contribution in [0.2, 0.25) is 0 Å². The molecule has 0 amide bonds. The van der Waals surface area contributed by atoms with E-state index in [0.717, 1.165) is 18.4 Å². The number of rotatable bonds is 1. The van der Waals surface area contributed by atoms with E-state index in [2.05, 4.69) is 4.98 Å². The van der Waals surface area contributed by atoms with Crippen molar-refractivity contribution >= 4 is 10.9 Å². The Morgan fingerprint density at radius 3 is 2.61 bits per heavy atom. The van der Waals surface area contributed by atoms with Crippen LogP contribution in [0.5, 0.6) is 0 Å². The molecule has 1 aliphatic carbocycles. The van der Waals surface area contributed by atoms with Gasteiger partial charge in [-0.25, -0.2) is 9.37 Å². The first-order valence-electron chi connectivity index (χ1n) is 6.34. The van der Waals surface area contributed by atoms with Crippen LogP contribution < -0.4 is 5.56 Å². The molecule has 0 atom stereocenters. The van der Waals surface area contributed by atoms with E-state index in [9.17, 15) is 9.18 Å². The molecule has 0 aliphatic heterocycles. The summed E-state index contributed by atoms with van der Waals surface area (Å²) in [7, 11) is 0. The maximum Gasteiger partial charge on any atom is 0.261 e. The highest BCUT2D eigenvalue weighted by molar-refractivity contribution is 5.78. The highest BCUT2D eigenvalue weighted by Gasteiger charge is 2.25. The fourth-order valence-electron chi connectivity index (χ4n) is 1.95. The summed E-state index contributed by atoms with van der Waals surface area (Å²) in [6, 6.07) is 3.37. The lowest BCUT2D eigenvalue weighted by Gasteiger charge is -2.05. The molecule has 0 N–H and O–H groups in total. The molecule has 96 valence electrons. The third-order valence-electron chi connectivity index (χ3n) is 2.92. The van der Waals surface area contributed by atoms with Crippen LogP contribution in [0, 0.1) is 12.7 Å². The Balaban J connectivity index is 0.000000574. The SMILES string of the molecule is CC.Cc1cc(F)c2ncn(C3CC3)c(=O)c2c1. The predicted octanol–water partition coefficient (Wildman–Crippen LogP) is 3.21. The number of nitrogens with zero attached hydrogens (tertiary/aromatic N) is 2. The molecule has 3 rings (SSSR count). The van der Waals surface area contributed by atoms with Gasteiger partial charge in [0.2, 0.25) is 0 Å². The lowest BCUT2D eigenvalue weighted by atomic mass is 10.1. The van der Waals surface area contributed by atoms with E-state index in [1.807, 2.05) is 13.8 Å². The predicted molar refractivity (Wildman–Crippen MR) is 70.3 cm³/mol. The van der Waals surface area contributed by atoms with Gasteiger partial charge in [0, 0.05) is 6.04 Å². The van der Waals surface area contributed by atoms with Crippen molar-refractivity contribution in [1.29, 1.82) is 0 Å². The lowest BCUT2D eigenvalue weighted by Crippen LogP contribution is -2.19. The Morgan fingerprint density at radius 2 is 2.00 bits per heavy atom. The number of aromatic nitrogens is 2. The van der Waals surface area contributed by atoms with Crippen LogP contribution in [0.1, 0.15) is 38.3 Å². The van der Waals surface area contributed by atoms with Gasteiger partial charge < -0.3 is 0 Å². The fourth-order valence-corrected chi connectivity index (χ4v) is 1.95. The number of aryl methyl sites for hydroxylation is 1. The van der Waals surface area contributed by atoms with Gasteiger partial charge in [-0.15, -0.1) is 0 Å². The Morgan fingerprint density at radius 1 is 1.33 bits per heavy atom. The third-order valence-corrected chi connectivity index (χ3v) is 2.92. The average Bonchev–Trinajstić information content (AvgIpc) is 3.17. The van der Waals surface area contributed by atoms with Crippen molar-refractivity contribution in [3.63, 3.8) is 0 Å². The van der Waals surface area contributed by atoms with Crippen LogP contribution in [0.15, 0.2) is 23.3 Å². The summed E-state index contributed by atoms with van der Waals surface area (Å²) in [5.74, 6) is -0.421. The maximum absolute atomic E-state index is 13.6. The van der Waals surface area contributed by atoms with Crippen molar-refractivity contribution in [3.8, 4) is 0 Å². The normalized spacial score (nSPS) is 14.2. The highest BCUT2D eigenvalue weighted by Crippen LogP contribution is 2.33. The second kappa shape index (κ2) is 4.88. The molecule has 3 nitrogen and oxygen atoms in total. The lowest BCUT2D eigenvalue weighted by molar-refractivity contribution is 0.631. The quantitative estimate of drug-likeness (QED) is 0.776. The molecule has 1 aromatic carbocycles. The zero-order chi connectivity index (χ0) is 13.3. The van der Waals surface area contributed by atoms with Gasteiger partial charge in [-0.2, -0.15) is 0 Å². The minimum atomic E-state index is -0.421. The van der Waals surface area contributed by atoms with Gasteiger partial charge in [-0.05, 0) is 37.5 Å². The van der Waals surface area contributed by atoms with Gasteiger partial charge in [0.25, 0.3) is 5.56 Å². The molecule has 0 bridgehead atoms. The van der Waals surface area contributed by atoms with Crippen molar-refractivity contribution in [2.45, 2.75) is 39.7 Å². The van der Waals surface area contributed by atoms with E-state index in [1.165, 1.54) is 12.4 Å². The van der Waals surface area contributed by atoms with Gasteiger partial charge in [-0.3, -0.25) is 9.36 Å². The van der Waals surface area contributed by atoms with E-state index >= 15 is 0 Å². The Labute approximate surface area is 105 Å². The molecule has 1 fully saturated rings. The molecule has 2 aromatic rings. The minimum Gasteiger partial charge on any atom is -0.296 e. The topological polar surface area (TPSA) is 34.9 Å². The first-order chi connectivity index (χ1) is 8.66. The fraction of sp³-hybridized carbons (Fsp3) is 0.429. The second-order valence-electron chi connectivity index (χ2n) is 4.33. The minimum absolute atomic E-state index is 0.130. The van der Waals surface area contributed by atoms with E-state index in [-0.39, 0.29) is 17.1 Å². The van der Waals surface area contributed by atoms with E-state index in [1.54, 1.807) is 17.6 Å². The zero-order valence-corrected chi connectivity index (χ0v) is 10.9. The summed E-state index contributed by atoms with van der Waals surface area (Å²) in [6.07, 6.45) is 3.49. The van der Waals surface area contributed by atoms with E-state index in [4.69, 9.17) is 0 Å². The largest absolute Gasteiger partial charge is 0.296 e. The van der Waals surface area contributed by atoms with Crippen LogP contribution in [0.25, 0.3) is 10.9 Å². The van der Waals surface area contributed by atoms with Crippen molar-refractivity contribution in [3.05, 3.63) is 40.2 Å². The molecule has 0 radical (unpaired) electrons. The van der Waals surface area contributed by atoms with Gasteiger partial charge >= 0.3 is 0 Å². The molecule has 1 aromatic heterocycles. The smallest absolute Gasteiger partial charge is 0.261 e. The molecule has 18 heavy (non-hydrogen) atoms. The number of hydrogen-bond donors (Lipinski definition) is 0. The van der Waals surface area contributed by atoms with Crippen LogP contribution in [-0.4, -0.2) is 9.55 Å². The molecular formula is C14H17FN2O. The van der Waals surface area contributed by atoms with Gasteiger partial charge in [0.15, 0.2) is 0 Å². The number of halogens is 1. The monoisotopic (exact) mass is 248 g/mol. The van der Waals surface area contributed by atoms with Crippen molar-refractivity contribution < 1.29 is 4.39 Å². The van der Waals surface area contributed by atoms with Crippen LogP contribution >= 0.6 is 0 Å². The molecule has 1 aliphatic rings. The van der Waals surface area contributed by atoms with Gasteiger partial charge in [0.05, 0.1) is 11.7 Å². The summed E-state index contributed by atoms with van der Waals surface area (Å²) in [6.45, 7) is 5.77. The summed E-state index contributed by atoms with van der Waals surface area (Å²) in [5, 5.41) is 0.381. The zero-order valence-electron chi connectivity index (χ0n) is 10.9. The average molecular weight is 248 g/mol. The van der Waals surface area contributed by atoms with Crippen LogP contribution in [0.3, 0.4) is 0 Å². The molecule has 0 saturated heterocycles. The second-order valence-corrected chi connectivity index (χ2v) is 4.33. The molecule has 4 heteroatoms. The van der Waals surface area contributed by atoms with Gasteiger partial charge in [-0.1, -0.05) is 13.8 Å². The van der Waals surface area contributed by atoms with Crippen LogP contribution in [0.4, 0.5) is 4.39 Å². The number of benzene rings is 1. The third kappa shape index (κ3) is 2.15. The molecule has 1 heterocycles. The molecule has 0 unspecified atom stereocenters. The van der Waals surface area contributed by atoms with Crippen molar-refractivity contribution in [2.24, 2.45) is 0 Å². The first kappa shape index (κ1) is 12.7. The standard InChI is InChI=1S/C12H11FN2O.C2H6/c1-7-4-9-11(10(13)5-7)14-6-15(12(9)16)8-2-3-8;1-2/h4-6,8H,2-3H2,1H3;1-2H3. The number of fused-ring (bicyclic) bond motifs is 1. The summed E-state index contributed by atoms with van der Waals surface area (Å²) in [5.41, 5.74) is 0.792. The summed E-state index contributed by atoms with van der Waals surface area (Å²) >= 11 is 0. The van der Waals surface area contributed by atoms with Crippen LogP contribution in [-0.2, 0) is 0 Å². The Hall–Kier alpha value is -1.71. The Kier molecular flexibility index (Phi) is 3.45. The van der Waals surface area contributed by atoms with E-state index in [0.29, 0.717) is 5.39 Å². The molecule has 0 spiro atoms. The van der Waals surface area contributed by atoms with Crippen molar-refractivity contribution in [2.75, 3.05) is 0 Å². The van der Waals surface area contributed by atoms with Gasteiger partial charge in [0.1, 0.15) is 11.3 Å².